The first kappa shape index (κ1) is 25.2. The molecule has 1 aliphatic carbocycles. The van der Waals surface area contributed by atoms with E-state index in [1.807, 2.05) is 6.07 Å². The molecule has 192 valence electrons. The normalized spacial score (nSPS) is 14.9. The zero-order valence-corrected chi connectivity index (χ0v) is 20.5. The lowest BCUT2D eigenvalue weighted by atomic mass is 10.1. The highest BCUT2D eigenvalue weighted by atomic mass is 32.2. The van der Waals surface area contributed by atoms with E-state index in [9.17, 15) is 22.6 Å². The molecule has 0 amide bonds. The predicted octanol–water partition coefficient (Wildman–Crippen LogP) is 5.66. The van der Waals surface area contributed by atoms with Crippen LogP contribution in [0.3, 0.4) is 0 Å². The number of alkyl halides is 3. The van der Waals surface area contributed by atoms with Gasteiger partial charge in [0.05, 0.1) is 23.1 Å². The van der Waals surface area contributed by atoms with Crippen molar-refractivity contribution in [2.75, 3.05) is 0 Å². The Morgan fingerprint density at radius 1 is 1.11 bits per heavy atom. The fourth-order valence-electron chi connectivity index (χ4n) is 3.76. The number of rotatable bonds is 6. The summed E-state index contributed by atoms with van der Waals surface area (Å²) in [5, 5.41) is 9.09. The molecule has 4 heterocycles. The van der Waals surface area contributed by atoms with Gasteiger partial charge in [0.1, 0.15) is 26.4 Å². The third-order valence-electron chi connectivity index (χ3n) is 5.77. The summed E-state index contributed by atoms with van der Waals surface area (Å²) in [4.78, 5) is 20.1. The molecule has 13 heteroatoms. The van der Waals surface area contributed by atoms with E-state index in [0.29, 0.717) is 18.4 Å². The number of halogens is 3. The van der Waals surface area contributed by atoms with Gasteiger partial charge in [-0.05, 0) is 49.6 Å². The minimum absolute atomic E-state index is 0.0599. The number of nitriles is 1. The maximum Gasteiger partial charge on any atom is 0.433 e. The van der Waals surface area contributed by atoms with E-state index in [1.165, 1.54) is 50.0 Å². The van der Waals surface area contributed by atoms with Crippen LogP contribution < -0.4 is 4.74 Å². The number of nitrogens with zero attached hydrogens (tertiary/aromatic N) is 6. The third-order valence-corrected chi connectivity index (χ3v) is 7.50. The van der Waals surface area contributed by atoms with Crippen LogP contribution in [0.2, 0.25) is 0 Å². The maximum atomic E-state index is 13.7. The lowest BCUT2D eigenvalue weighted by molar-refractivity contribution is -0.141. The number of hydrogen-bond donors (Lipinski definition) is 1. The smallest absolute Gasteiger partial charge is 0.433 e. The molecule has 5 rings (SSSR count). The van der Waals surface area contributed by atoms with E-state index >= 15 is 0 Å². The minimum atomic E-state index is -4.64. The Morgan fingerprint density at radius 2 is 1.89 bits per heavy atom. The highest BCUT2D eigenvalue weighted by molar-refractivity contribution is 7.92. The van der Waals surface area contributed by atoms with Gasteiger partial charge in [-0.15, -0.1) is 0 Å². The van der Waals surface area contributed by atoms with Crippen molar-refractivity contribution in [1.82, 2.24) is 24.9 Å². The Morgan fingerprint density at radius 3 is 2.55 bits per heavy atom. The SMILES string of the molecule is Cc1cc(C(F)(F)F)nc(C2CC2)c1Oc1nc(-c2cncc(C#N)c2)ccc1S(=N)(=O)c1cnccn1. The standard InChI is InChI=1S/C25H18F3N7O2S/c1-14-8-20(25(26,27)28)35-22(16-2-3-16)23(14)37-24-19(38(30,36)21-13-31-6-7-33-21)5-4-18(34-24)17-9-15(10-29)11-32-12-17/h4-9,11-13,16,30H,2-3H2,1H3. The summed E-state index contributed by atoms with van der Waals surface area (Å²) in [7, 11) is -3.79. The molecule has 4 aromatic rings. The Kier molecular flexibility index (Phi) is 6.28. The largest absolute Gasteiger partial charge is 0.436 e. The second-order valence-corrected chi connectivity index (χ2v) is 10.6. The molecule has 1 unspecified atom stereocenters. The Labute approximate surface area is 215 Å². The molecule has 1 atom stereocenters. The van der Waals surface area contributed by atoms with Crippen molar-refractivity contribution in [3.8, 4) is 29.0 Å². The lowest BCUT2D eigenvalue weighted by Crippen LogP contribution is -2.12. The van der Waals surface area contributed by atoms with Crippen LogP contribution in [-0.4, -0.2) is 29.1 Å². The summed E-state index contributed by atoms with van der Waals surface area (Å²) in [6.45, 7) is 1.46. The average molecular weight is 538 g/mol. The van der Waals surface area contributed by atoms with Gasteiger partial charge < -0.3 is 4.74 Å². The summed E-state index contributed by atoms with van der Waals surface area (Å²) in [6, 6.07) is 7.28. The number of nitrogens with one attached hydrogen (secondary N) is 1. The summed E-state index contributed by atoms with van der Waals surface area (Å²) in [5.74, 6) is -0.429. The maximum absolute atomic E-state index is 13.7. The number of pyridine rings is 3. The van der Waals surface area contributed by atoms with Crippen LogP contribution in [0, 0.1) is 23.0 Å². The topological polar surface area (TPSA) is 138 Å². The summed E-state index contributed by atoms with van der Waals surface area (Å²) in [5.41, 5.74) is 0.262. The summed E-state index contributed by atoms with van der Waals surface area (Å²) < 4.78 is 68.9. The van der Waals surface area contributed by atoms with E-state index in [2.05, 4.69) is 24.9 Å². The molecule has 1 aliphatic rings. The van der Waals surface area contributed by atoms with Crippen LogP contribution in [0.1, 0.15) is 41.3 Å². The zero-order valence-electron chi connectivity index (χ0n) is 19.7. The summed E-state index contributed by atoms with van der Waals surface area (Å²) in [6.07, 6.45) is 3.33. The Hall–Kier alpha value is -4.44. The van der Waals surface area contributed by atoms with Crippen LogP contribution in [0.4, 0.5) is 13.2 Å². The van der Waals surface area contributed by atoms with Gasteiger partial charge in [0, 0.05) is 36.3 Å². The molecule has 1 N–H and O–H groups in total. The van der Waals surface area contributed by atoms with Crippen LogP contribution in [0.25, 0.3) is 11.3 Å². The van der Waals surface area contributed by atoms with Gasteiger partial charge in [-0.1, -0.05) is 0 Å². The van der Waals surface area contributed by atoms with E-state index in [4.69, 9.17) is 9.52 Å². The van der Waals surface area contributed by atoms with E-state index < -0.39 is 21.6 Å². The second kappa shape index (κ2) is 9.46. The van der Waals surface area contributed by atoms with Gasteiger partial charge >= 0.3 is 6.18 Å². The van der Waals surface area contributed by atoms with Crippen molar-refractivity contribution < 1.29 is 22.1 Å². The van der Waals surface area contributed by atoms with Gasteiger partial charge in [0.25, 0.3) is 0 Å². The molecule has 0 aromatic carbocycles. The molecule has 1 fully saturated rings. The Balaban J connectivity index is 1.69. The first-order valence-electron chi connectivity index (χ1n) is 11.3. The van der Waals surface area contributed by atoms with E-state index in [-0.39, 0.29) is 50.0 Å². The predicted molar refractivity (Wildman–Crippen MR) is 128 cm³/mol. The van der Waals surface area contributed by atoms with Crippen molar-refractivity contribution in [1.29, 1.82) is 10.0 Å². The quantitative estimate of drug-likeness (QED) is 0.332. The van der Waals surface area contributed by atoms with E-state index in [0.717, 1.165) is 6.07 Å². The summed E-state index contributed by atoms with van der Waals surface area (Å²) >= 11 is 0. The molecular formula is C25H18F3N7O2S. The van der Waals surface area contributed by atoms with Gasteiger partial charge in [-0.25, -0.2) is 23.9 Å². The van der Waals surface area contributed by atoms with Crippen molar-refractivity contribution in [3.05, 3.63) is 77.8 Å². The molecule has 0 bridgehead atoms. The molecule has 38 heavy (non-hydrogen) atoms. The monoisotopic (exact) mass is 537 g/mol. The molecule has 1 saturated carbocycles. The molecule has 0 saturated heterocycles. The van der Waals surface area contributed by atoms with Gasteiger partial charge in [0.15, 0.2) is 10.8 Å². The Bertz CT molecular complexity index is 1680. The highest BCUT2D eigenvalue weighted by Gasteiger charge is 2.38. The van der Waals surface area contributed by atoms with Crippen molar-refractivity contribution in [3.63, 3.8) is 0 Å². The zero-order chi connectivity index (χ0) is 27.1. The lowest BCUT2D eigenvalue weighted by Gasteiger charge is -2.18. The molecule has 9 nitrogen and oxygen atoms in total. The van der Waals surface area contributed by atoms with Gasteiger partial charge in [0.2, 0.25) is 5.88 Å². The molecular weight excluding hydrogens is 519 g/mol. The molecule has 0 aliphatic heterocycles. The fourth-order valence-corrected chi connectivity index (χ4v) is 5.00. The third kappa shape index (κ3) is 4.90. The van der Waals surface area contributed by atoms with E-state index in [1.54, 1.807) is 6.07 Å². The number of aryl methyl sites for hydroxylation is 1. The first-order chi connectivity index (χ1) is 18.1. The highest BCUT2D eigenvalue weighted by Crippen LogP contribution is 2.47. The van der Waals surface area contributed by atoms with Crippen LogP contribution in [0.15, 0.2) is 65.2 Å². The fraction of sp³-hybridized carbons (Fsp3) is 0.200. The number of hydrogen-bond acceptors (Lipinski definition) is 9. The van der Waals surface area contributed by atoms with Gasteiger partial charge in [-0.3, -0.25) is 9.97 Å². The second-order valence-electron chi connectivity index (χ2n) is 8.59. The minimum Gasteiger partial charge on any atom is -0.436 e. The van der Waals surface area contributed by atoms with Crippen LogP contribution in [0.5, 0.6) is 11.6 Å². The number of ether oxygens (including phenoxy) is 1. The number of aromatic nitrogens is 5. The van der Waals surface area contributed by atoms with Crippen LogP contribution in [-0.2, 0) is 15.9 Å². The molecule has 0 spiro atoms. The van der Waals surface area contributed by atoms with Crippen molar-refractivity contribution in [2.45, 2.75) is 41.8 Å². The first-order valence-corrected chi connectivity index (χ1v) is 12.8. The molecule has 4 aromatic heterocycles. The van der Waals surface area contributed by atoms with Crippen molar-refractivity contribution in [2.24, 2.45) is 0 Å². The van der Waals surface area contributed by atoms with Crippen molar-refractivity contribution >= 4 is 9.73 Å². The average Bonchev–Trinajstić information content (AvgIpc) is 3.75. The van der Waals surface area contributed by atoms with Gasteiger partial charge in [-0.2, -0.15) is 18.4 Å². The van der Waals surface area contributed by atoms with Crippen LogP contribution >= 0.6 is 0 Å². The molecule has 0 radical (unpaired) electrons.